The van der Waals surface area contributed by atoms with E-state index in [4.69, 9.17) is 4.74 Å². The Bertz CT molecular complexity index is 1080. The number of hydrogen-bond acceptors (Lipinski definition) is 4. The number of ether oxygens (including phenoxy) is 1. The average Bonchev–Trinajstić information content (AvgIpc) is 3.19. The van der Waals surface area contributed by atoms with Crippen molar-refractivity contribution in [2.75, 3.05) is 6.61 Å². The number of pyridine rings is 1. The molecule has 0 bridgehead atoms. The van der Waals surface area contributed by atoms with Crippen LogP contribution in [0.2, 0.25) is 0 Å². The predicted molar refractivity (Wildman–Crippen MR) is 113 cm³/mol. The number of aromatic nitrogens is 2. The number of aryl methyl sites for hydroxylation is 1. The van der Waals surface area contributed by atoms with E-state index in [1.54, 1.807) is 18.3 Å². The SMILES string of the molecule is CCc1cnc(-c2cc(-c3ccc(OCCCCCC(F)(F)F)cc3F)[nH]c(=O)c2)s1. The lowest BCUT2D eigenvalue weighted by molar-refractivity contribution is -0.135. The molecule has 0 aliphatic carbocycles. The van der Waals surface area contributed by atoms with Crippen molar-refractivity contribution < 1.29 is 22.3 Å². The minimum absolute atomic E-state index is 0.0444. The Morgan fingerprint density at radius 2 is 1.94 bits per heavy atom. The van der Waals surface area contributed by atoms with Gasteiger partial charge in [-0.2, -0.15) is 13.2 Å². The molecule has 1 aromatic carbocycles. The Morgan fingerprint density at radius 3 is 2.61 bits per heavy atom. The molecule has 9 heteroatoms. The van der Waals surface area contributed by atoms with Gasteiger partial charge in [0.05, 0.1) is 12.3 Å². The third-order valence-electron chi connectivity index (χ3n) is 4.60. The molecule has 166 valence electrons. The minimum Gasteiger partial charge on any atom is -0.493 e. The second-order valence-corrected chi connectivity index (χ2v) is 8.16. The standard InChI is InChI=1S/C22H22F4N2O2S/c1-2-16-13-27-21(31-16)14-10-19(28-20(29)11-14)17-7-6-15(12-18(17)23)30-9-5-3-4-8-22(24,25)26/h6-7,10-13H,2-5,8-9H2,1H3,(H,28,29). The van der Waals surface area contributed by atoms with E-state index in [1.165, 1.54) is 29.5 Å². The van der Waals surface area contributed by atoms with Crippen LogP contribution in [0.25, 0.3) is 21.8 Å². The van der Waals surface area contributed by atoms with Crippen molar-refractivity contribution in [1.29, 1.82) is 0 Å². The van der Waals surface area contributed by atoms with Crippen molar-refractivity contribution in [3.63, 3.8) is 0 Å². The maximum absolute atomic E-state index is 14.7. The van der Waals surface area contributed by atoms with Gasteiger partial charge in [0.25, 0.3) is 0 Å². The smallest absolute Gasteiger partial charge is 0.389 e. The van der Waals surface area contributed by atoms with Gasteiger partial charge in [0.15, 0.2) is 0 Å². The van der Waals surface area contributed by atoms with E-state index >= 15 is 0 Å². The predicted octanol–water partition coefficient (Wildman–Crippen LogP) is 6.37. The molecule has 0 aliphatic heterocycles. The molecule has 1 N–H and O–H groups in total. The first kappa shape index (κ1) is 23.0. The van der Waals surface area contributed by atoms with Gasteiger partial charge in [-0.3, -0.25) is 4.79 Å². The van der Waals surface area contributed by atoms with Crippen LogP contribution in [0, 0.1) is 5.82 Å². The van der Waals surface area contributed by atoms with Crippen LogP contribution in [0.3, 0.4) is 0 Å². The first-order valence-corrected chi connectivity index (χ1v) is 10.8. The van der Waals surface area contributed by atoms with E-state index in [-0.39, 0.29) is 29.9 Å². The zero-order valence-corrected chi connectivity index (χ0v) is 17.7. The number of benzene rings is 1. The van der Waals surface area contributed by atoms with Crippen molar-refractivity contribution in [3.05, 3.63) is 57.6 Å². The number of unbranched alkanes of at least 4 members (excludes halogenated alkanes) is 2. The maximum atomic E-state index is 14.7. The molecule has 0 unspecified atom stereocenters. The molecule has 0 amide bonds. The van der Waals surface area contributed by atoms with Gasteiger partial charge in [-0.15, -0.1) is 11.3 Å². The minimum atomic E-state index is -4.14. The molecule has 0 aliphatic rings. The molecular weight excluding hydrogens is 432 g/mol. The van der Waals surface area contributed by atoms with Crippen molar-refractivity contribution >= 4 is 11.3 Å². The fourth-order valence-electron chi connectivity index (χ4n) is 3.01. The molecule has 2 aromatic heterocycles. The lowest BCUT2D eigenvalue weighted by atomic mass is 10.1. The van der Waals surface area contributed by atoms with E-state index in [1.807, 2.05) is 6.92 Å². The van der Waals surface area contributed by atoms with E-state index in [0.29, 0.717) is 29.1 Å². The van der Waals surface area contributed by atoms with Crippen molar-refractivity contribution in [2.45, 2.75) is 45.2 Å². The summed E-state index contributed by atoms with van der Waals surface area (Å²) in [5.74, 6) is -0.293. The van der Waals surface area contributed by atoms with Crippen LogP contribution in [0.5, 0.6) is 5.75 Å². The van der Waals surface area contributed by atoms with Gasteiger partial charge in [0.1, 0.15) is 16.6 Å². The number of thiazole rings is 1. The highest BCUT2D eigenvalue weighted by Crippen LogP contribution is 2.30. The fourth-order valence-corrected chi connectivity index (χ4v) is 3.85. The Morgan fingerprint density at radius 1 is 1.13 bits per heavy atom. The number of nitrogens with zero attached hydrogens (tertiary/aromatic N) is 1. The zero-order valence-electron chi connectivity index (χ0n) is 16.9. The van der Waals surface area contributed by atoms with Crippen LogP contribution in [-0.2, 0) is 6.42 Å². The first-order chi connectivity index (χ1) is 14.7. The van der Waals surface area contributed by atoms with E-state index < -0.39 is 18.4 Å². The second kappa shape index (κ2) is 10.1. The van der Waals surface area contributed by atoms with Gasteiger partial charge >= 0.3 is 6.18 Å². The molecule has 2 heterocycles. The van der Waals surface area contributed by atoms with Crippen LogP contribution in [0.1, 0.15) is 37.5 Å². The molecule has 3 rings (SSSR count). The monoisotopic (exact) mass is 454 g/mol. The lowest BCUT2D eigenvalue weighted by Gasteiger charge is -2.10. The van der Waals surface area contributed by atoms with Crippen molar-refractivity contribution in [3.8, 4) is 27.6 Å². The van der Waals surface area contributed by atoms with Gasteiger partial charge in [0.2, 0.25) is 5.56 Å². The molecule has 0 saturated carbocycles. The highest BCUT2D eigenvalue weighted by Gasteiger charge is 2.25. The summed E-state index contributed by atoms with van der Waals surface area (Å²) < 4.78 is 56.5. The summed E-state index contributed by atoms with van der Waals surface area (Å²) in [6.45, 7) is 2.22. The Labute approximate surface area is 180 Å². The largest absolute Gasteiger partial charge is 0.493 e. The summed E-state index contributed by atoms with van der Waals surface area (Å²) in [5.41, 5.74) is 0.789. The highest BCUT2D eigenvalue weighted by molar-refractivity contribution is 7.15. The number of nitrogens with one attached hydrogen (secondary N) is 1. The molecule has 3 aromatic rings. The summed E-state index contributed by atoms with van der Waals surface area (Å²) in [7, 11) is 0. The first-order valence-electron chi connectivity index (χ1n) is 9.94. The van der Waals surface area contributed by atoms with Crippen LogP contribution >= 0.6 is 11.3 Å². The lowest BCUT2D eigenvalue weighted by Crippen LogP contribution is -2.07. The summed E-state index contributed by atoms with van der Waals surface area (Å²) in [6, 6.07) is 7.38. The zero-order chi connectivity index (χ0) is 22.4. The van der Waals surface area contributed by atoms with Crippen LogP contribution in [0.15, 0.2) is 41.3 Å². The molecule has 0 saturated heterocycles. The summed E-state index contributed by atoms with van der Waals surface area (Å²) in [6.07, 6.45) is -1.48. The molecule has 0 spiro atoms. The number of hydrogen-bond donors (Lipinski definition) is 1. The van der Waals surface area contributed by atoms with E-state index in [2.05, 4.69) is 9.97 Å². The molecule has 31 heavy (non-hydrogen) atoms. The van der Waals surface area contributed by atoms with Crippen molar-refractivity contribution in [2.24, 2.45) is 0 Å². The van der Waals surface area contributed by atoms with Crippen LogP contribution in [0.4, 0.5) is 17.6 Å². The van der Waals surface area contributed by atoms with E-state index in [0.717, 1.165) is 11.3 Å². The van der Waals surface area contributed by atoms with Crippen molar-refractivity contribution in [1.82, 2.24) is 9.97 Å². The fraction of sp³-hybridized carbons (Fsp3) is 0.364. The second-order valence-electron chi connectivity index (χ2n) is 7.05. The molecule has 4 nitrogen and oxygen atoms in total. The maximum Gasteiger partial charge on any atom is 0.389 e. The third kappa shape index (κ3) is 6.65. The number of H-pyrrole nitrogens is 1. The highest BCUT2D eigenvalue weighted by atomic mass is 32.1. The van der Waals surface area contributed by atoms with Gasteiger partial charge in [0, 0.05) is 40.8 Å². The number of halogens is 4. The molecule has 0 fully saturated rings. The normalized spacial score (nSPS) is 11.6. The van der Waals surface area contributed by atoms with Crippen LogP contribution < -0.4 is 10.3 Å². The van der Waals surface area contributed by atoms with Gasteiger partial charge < -0.3 is 9.72 Å². The third-order valence-corrected chi connectivity index (χ3v) is 5.79. The summed E-state index contributed by atoms with van der Waals surface area (Å²) >= 11 is 1.48. The van der Waals surface area contributed by atoms with Gasteiger partial charge in [-0.25, -0.2) is 9.37 Å². The number of rotatable bonds is 9. The molecule has 0 atom stereocenters. The van der Waals surface area contributed by atoms with Gasteiger partial charge in [-0.05, 0) is 43.9 Å². The van der Waals surface area contributed by atoms with Gasteiger partial charge in [-0.1, -0.05) is 6.92 Å². The van der Waals surface area contributed by atoms with Crippen LogP contribution in [-0.4, -0.2) is 22.8 Å². The molecular formula is C22H22F4N2O2S. The summed E-state index contributed by atoms with van der Waals surface area (Å²) in [5, 5.41) is 0.690. The Balaban J connectivity index is 1.66. The van der Waals surface area contributed by atoms with E-state index in [9.17, 15) is 22.4 Å². The average molecular weight is 454 g/mol. The number of aromatic amines is 1. The Kier molecular flexibility index (Phi) is 7.48. The summed E-state index contributed by atoms with van der Waals surface area (Å²) in [4.78, 5) is 20.2. The quantitative estimate of drug-likeness (QED) is 0.302. The Hall–Kier alpha value is -2.68. The number of alkyl halides is 3. The molecule has 0 radical (unpaired) electrons. The topological polar surface area (TPSA) is 55.0 Å².